The number of ether oxygens (including phenoxy) is 2. The molecule has 4 nitrogen and oxygen atoms in total. The van der Waals surface area contributed by atoms with E-state index in [4.69, 9.17) is 9.47 Å². The number of benzene rings is 1. The fraction of sp³-hybridized carbons (Fsp3) is 0.562. The van der Waals surface area contributed by atoms with Gasteiger partial charge in [-0.15, -0.1) is 0 Å². The third-order valence-electron chi connectivity index (χ3n) is 4.26. The van der Waals surface area contributed by atoms with Crippen LogP contribution in [0.3, 0.4) is 0 Å². The van der Waals surface area contributed by atoms with Gasteiger partial charge in [-0.2, -0.15) is 5.26 Å². The minimum atomic E-state index is -0.568. The number of morpholine rings is 1. The Labute approximate surface area is 119 Å². The SMILES string of the molecule is Cc1ccc2c(c1)C(C#N)(N1CCOCC1)CCCO2. The summed E-state index contributed by atoms with van der Waals surface area (Å²) in [6.45, 7) is 5.76. The van der Waals surface area contributed by atoms with Crippen LogP contribution in [0.1, 0.15) is 24.0 Å². The Hall–Kier alpha value is -1.57. The zero-order chi connectivity index (χ0) is 14.0. The van der Waals surface area contributed by atoms with E-state index in [1.54, 1.807) is 0 Å². The molecule has 0 radical (unpaired) electrons. The summed E-state index contributed by atoms with van der Waals surface area (Å²) < 4.78 is 11.3. The van der Waals surface area contributed by atoms with Crippen molar-refractivity contribution >= 4 is 0 Å². The maximum atomic E-state index is 9.97. The molecule has 1 aromatic carbocycles. The number of aryl methyl sites for hydroxylation is 1. The van der Waals surface area contributed by atoms with Crippen molar-refractivity contribution in [3.05, 3.63) is 29.3 Å². The lowest BCUT2D eigenvalue weighted by Crippen LogP contribution is -2.50. The van der Waals surface area contributed by atoms with Crippen LogP contribution in [-0.2, 0) is 10.3 Å². The Morgan fingerprint density at radius 3 is 2.80 bits per heavy atom. The van der Waals surface area contributed by atoms with E-state index in [9.17, 15) is 5.26 Å². The average Bonchev–Trinajstić information content (AvgIpc) is 2.68. The van der Waals surface area contributed by atoms with Crippen LogP contribution < -0.4 is 4.74 Å². The van der Waals surface area contributed by atoms with E-state index >= 15 is 0 Å². The zero-order valence-electron chi connectivity index (χ0n) is 11.9. The van der Waals surface area contributed by atoms with Crippen LogP contribution in [0.25, 0.3) is 0 Å². The summed E-state index contributed by atoms with van der Waals surface area (Å²) in [5, 5.41) is 9.97. The molecule has 1 fully saturated rings. The molecular weight excluding hydrogens is 252 g/mol. The van der Waals surface area contributed by atoms with E-state index in [0.29, 0.717) is 19.8 Å². The fourth-order valence-electron chi connectivity index (χ4n) is 3.20. The number of rotatable bonds is 1. The van der Waals surface area contributed by atoms with Gasteiger partial charge in [-0.1, -0.05) is 11.6 Å². The van der Waals surface area contributed by atoms with Gasteiger partial charge in [0.15, 0.2) is 0 Å². The minimum absolute atomic E-state index is 0.568. The number of fused-ring (bicyclic) bond motifs is 1. The molecule has 2 heterocycles. The van der Waals surface area contributed by atoms with Gasteiger partial charge in [0.1, 0.15) is 11.3 Å². The van der Waals surface area contributed by atoms with Gasteiger partial charge in [-0.05, 0) is 31.9 Å². The van der Waals surface area contributed by atoms with E-state index in [1.807, 2.05) is 12.1 Å². The first kappa shape index (κ1) is 13.4. The number of nitriles is 1. The lowest BCUT2D eigenvalue weighted by Gasteiger charge is -2.40. The van der Waals surface area contributed by atoms with Crippen molar-refractivity contribution in [2.75, 3.05) is 32.9 Å². The molecule has 2 aliphatic rings. The van der Waals surface area contributed by atoms with E-state index < -0.39 is 5.54 Å². The van der Waals surface area contributed by atoms with Gasteiger partial charge in [0.05, 0.1) is 25.9 Å². The van der Waals surface area contributed by atoms with Crippen LogP contribution in [0, 0.1) is 18.3 Å². The van der Waals surface area contributed by atoms with Crippen molar-refractivity contribution in [2.24, 2.45) is 0 Å². The second-order valence-electron chi connectivity index (χ2n) is 5.52. The molecule has 0 saturated carbocycles. The third kappa shape index (κ3) is 2.17. The molecule has 2 aliphatic heterocycles. The summed E-state index contributed by atoms with van der Waals surface area (Å²) in [6, 6.07) is 8.76. The van der Waals surface area contributed by atoms with Gasteiger partial charge in [0.2, 0.25) is 0 Å². The highest BCUT2D eigenvalue weighted by atomic mass is 16.5. The summed E-state index contributed by atoms with van der Waals surface area (Å²) >= 11 is 0. The van der Waals surface area contributed by atoms with Gasteiger partial charge >= 0.3 is 0 Å². The minimum Gasteiger partial charge on any atom is -0.493 e. The lowest BCUT2D eigenvalue weighted by atomic mass is 9.84. The molecule has 0 spiro atoms. The van der Waals surface area contributed by atoms with Crippen LogP contribution in [0.15, 0.2) is 18.2 Å². The molecule has 0 aromatic heterocycles. The molecule has 4 heteroatoms. The first-order valence-corrected chi connectivity index (χ1v) is 7.24. The van der Waals surface area contributed by atoms with Crippen LogP contribution in [-0.4, -0.2) is 37.8 Å². The van der Waals surface area contributed by atoms with Gasteiger partial charge in [0, 0.05) is 18.7 Å². The van der Waals surface area contributed by atoms with Crippen LogP contribution in [0.2, 0.25) is 0 Å². The van der Waals surface area contributed by atoms with Gasteiger partial charge in [-0.25, -0.2) is 0 Å². The van der Waals surface area contributed by atoms with Crippen molar-refractivity contribution < 1.29 is 9.47 Å². The molecule has 0 bridgehead atoms. The predicted octanol–water partition coefficient (Wildman–Crippen LogP) is 2.22. The number of hydrogen-bond acceptors (Lipinski definition) is 4. The van der Waals surface area contributed by atoms with E-state index in [-0.39, 0.29) is 0 Å². The highest BCUT2D eigenvalue weighted by molar-refractivity contribution is 5.46. The molecule has 0 N–H and O–H groups in total. The van der Waals surface area contributed by atoms with Crippen molar-refractivity contribution in [1.82, 2.24) is 4.90 Å². The van der Waals surface area contributed by atoms with Crippen LogP contribution in [0.4, 0.5) is 0 Å². The molecule has 106 valence electrons. The van der Waals surface area contributed by atoms with Crippen molar-refractivity contribution in [3.8, 4) is 11.8 Å². The highest BCUT2D eigenvalue weighted by Crippen LogP contribution is 2.41. The summed E-state index contributed by atoms with van der Waals surface area (Å²) in [5.41, 5.74) is 1.63. The zero-order valence-corrected chi connectivity index (χ0v) is 11.9. The Morgan fingerprint density at radius 1 is 1.25 bits per heavy atom. The Kier molecular flexibility index (Phi) is 3.64. The quantitative estimate of drug-likeness (QED) is 0.786. The van der Waals surface area contributed by atoms with Gasteiger partial charge < -0.3 is 9.47 Å². The first-order valence-electron chi connectivity index (χ1n) is 7.24. The van der Waals surface area contributed by atoms with Gasteiger partial charge in [0.25, 0.3) is 0 Å². The Morgan fingerprint density at radius 2 is 2.05 bits per heavy atom. The molecule has 1 saturated heterocycles. The molecular formula is C16H20N2O2. The molecule has 3 rings (SSSR count). The molecule has 1 aromatic rings. The van der Waals surface area contributed by atoms with Crippen molar-refractivity contribution in [2.45, 2.75) is 25.3 Å². The maximum absolute atomic E-state index is 9.97. The van der Waals surface area contributed by atoms with Crippen LogP contribution in [0.5, 0.6) is 5.75 Å². The lowest BCUT2D eigenvalue weighted by molar-refractivity contribution is -0.00764. The Balaban J connectivity index is 2.10. The summed E-state index contributed by atoms with van der Waals surface area (Å²) in [4.78, 5) is 2.27. The number of nitrogens with zero attached hydrogens (tertiary/aromatic N) is 2. The average molecular weight is 272 g/mol. The third-order valence-corrected chi connectivity index (χ3v) is 4.26. The summed E-state index contributed by atoms with van der Waals surface area (Å²) in [6.07, 6.45) is 1.72. The topological polar surface area (TPSA) is 45.5 Å². The van der Waals surface area contributed by atoms with Crippen LogP contribution >= 0.6 is 0 Å². The number of hydrogen-bond donors (Lipinski definition) is 0. The molecule has 0 amide bonds. The van der Waals surface area contributed by atoms with E-state index in [2.05, 4.69) is 24.0 Å². The molecule has 1 unspecified atom stereocenters. The largest absolute Gasteiger partial charge is 0.493 e. The molecule has 20 heavy (non-hydrogen) atoms. The maximum Gasteiger partial charge on any atom is 0.138 e. The smallest absolute Gasteiger partial charge is 0.138 e. The summed E-state index contributed by atoms with van der Waals surface area (Å²) in [7, 11) is 0. The normalized spacial score (nSPS) is 27.0. The van der Waals surface area contributed by atoms with Crippen molar-refractivity contribution in [3.63, 3.8) is 0 Å². The second kappa shape index (κ2) is 5.43. The Bertz CT molecular complexity index is 532. The van der Waals surface area contributed by atoms with E-state index in [1.165, 1.54) is 5.56 Å². The summed E-state index contributed by atoms with van der Waals surface area (Å²) in [5.74, 6) is 0.862. The molecule has 1 atom stereocenters. The first-order chi connectivity index (χ1) is 9.76. The second-order valence-corrected chi connectivity index (χ2v) is 5.52. The van der Waals surface area contributed by atoms with Gasteiger partial charge in [-0.3, -0.25) is 4.90 Å². The monoisotopic (exact) mass is 272 g/mol. The highest BCUT2D eigenvalue weighted by Gasteiger charge is 2.42. The van der Waals surface area contributed by atoms with E-state index in [0.717, 1.165) is 37.2 Å². The fourth-order valence-corrected chi connectivity index (χ4v) is 3.20. The molecule has 0 aliphatic carbocycles. The predicted molar refractivity (Wildman–Crippen MR) is 75.6 cm³/mol. The standard InChI is InChI=1S/C16H20N2O2/c1-13-3-4-15-14(11-13)16(12-17,5-2-8-20-15)18-6-9-19-10-7-18/h3-4,11H,2,5-10H2,1H3. The van der Waals surface area contributed by atoms with Crippen molar-refractivity contribution in [1.29, 1.82) is 5.26 Å².